The molecule has 0 bridgehead atoms. The predicted molar refractivity (Wildman–Crippen MR) is 54.7 cm³/mol. The van der Waals surface area contributed by atoms with Gasteiger partial charge in [-0.05, 0) is 32.2 Å². The number of hydrogen-bond acceptors (Lipinski definition) is 3. The highest BCUT2D eigenvalue weighted by molar-refractivity contribution is 4.76. The minimum absolute atomic E-state index is 0.417. The summed E-state index contributed by atoms with van der Waals surface area (Å²) in [4.78, 5) is 0. The van der Waals surface area contributed by atoms with Gasteiger partial charge in [0.05, 0.1) is 6.10 Å². The summed E-state index contributed by atoms with van der Waals surface area (Å²) in [5, 5.41) is 3.45. The molecule has 13 heavy (non-hydrogen) atoms. The minimum Gasteiger partial charge on any atom is -0.377 e. The first-order valence-corrected chi connectivity index (χ1v) is 5.29. The molecular weight excluding hydrogens is 164 g/mol. The smallest absolute Gasteiger partial charge is 0.0725 e. The van der Waals surface area contributed by atoms with E-state index < -0.39 is 0 Å². The Morgan fingerprint density at radius 1 is 1.62 bits per heavy atom. The van der Waals surface area contributed by atoms with Crippen LogP contribution in [0.4, 0.5) is 0 Å². The average Bonchev–Trinajstić information content (AvgIpc) is 2.48. The topological polar surface area (TPSA) is 47.3 Å². The molecule has 3 unspecified atom stereocenters. The summed E-state index contributed by atoms with van der Waals surface area (Å²) in [6, 6.07) is 0.515. The summed E-state index contributed by atoms with van der Waals surface area (Å²) in [7, 11) is 0. The van der Waals surface area contributed by atoms with Crippen molar-refractivity contribution in [2.24, 2.45) is 11.7 Å². The minimum atomic E-state index is 0.417. The quantitative estimate of drug-likeness (QED) is 0.665. The molecule has 1 rings (SSSR count). The van der Waals surface area contributed by atoms with E-state index in [4.69, 9.17) is 10.5 Å². The maximum Gasteiger partial charge on any atom is 0.0725 e. The Hall–Kier alpha value is -0.120. The molecule has 0 aromatic carbocycles. The van der Waals surface area contributed by atoms with Crippen LogP contribution in [0.15, 0.2) is 0 Å². The van der Waals surface area contributed by atoms with E-state index in [1.54, 1.807) is 0 Å². The first-order chi connectivity index (χ1) is 6.24. The molecule has 3 atom stereocenters. The number of ether oxygens (including phenoxy) is 1. The SMILES string of the molecule is CC(CCN)NCC1OCCC1C. The van der Waals surface area contributed by atoms with Crippen LogP contribution < -0.4 is 11.1 Å². The first kappa shape index (κ1) is 11.0. The van der Waals surface area contributed by atoms with Crippen molar-refractivity contribution in [2.45, 2.75) is 38.8 Å². The fourth-order valence-corrected chi connectivity index (χ4v) is 1.68. The van der Waals surface area contributed by atoms with E-state index in [9.17, 15) is 0 Å². The van der Waals surface area contributed by atoms with E-state index in [2.05, 4.69) is 19.2 Å². The molecule has 78 valence electrons. The summed E-state index contributed by atoms with van der Waals surface area (Å²) in [6.45, 7) is 7.09. The monoisotopic (exact) mass is 186 g/mol. The van der Waals surface area contributed by atoms with Gasteiger partial charge in [-0.25, -0.2) is 0 Å². The molecular formula is C10H22N2O. The van der Waals surface area contributed by atoms with Crippen molar-refractivity contribution in [3.8, 4) is 0 Å². The standard InChI is InChI=1S/C10H22N2O/c1-8-4-6-13-10(8)7-12-9(2)3-5-11/h8-10,12H,3-7,11H2,1-2H3. The second kappa shape index (κ2) is 5.58. The molecule has 0 amide bonds. The third-order valence-corrected chi connectivity index (χ3v) is 2.81. The number of hydrogen-bond donors (Lipinski definition) is 2. The molecule has 3 heteroatoms. The van der Waals surface area contributed by atoms with Gasteiger partial charge in [-0.1, -0.05) is 6.92 Å². The summed E-state index contributed by atoms with van der Waals surface area (Å²) >= 11 is 0. The molecule has 1 heterocycles. The zero-order chi connectivity index (χ0) is 9.68. The van der Waals surface area contributed by atoms with Crippen LogP contribution in [0.25, 0.3) is 0 Å². The van der Waals surface area contributed by atoms with Crippen molar-refractivity contribution in [2.75, 3.05) is 19.7 Å². The fourth-order valence-electron chi connectivity index (χ4n) is 1.68. The van der Waals surface area contributed by atoms with Crippen molar-refractivity contribution in [3.63, 3.8) is 0 Å². The summed E-state index contributed by atoms with van der Waals surface area (Å²) < 4.78 is 5.60. The van der Waals surface area contributed by atoms with Crippen LogP contribution in [0.5, 0.6) is 0 Å². The zero-order valence-electron chi connectivity index (χ0n) is 8.75. The van der Waals surface area contributed by atoms with E-state index in [1.807, 2.05) is 0 Å². The second-order valence-electron chi connectivity index (χ2n) is 4.06. The van der Waals surface area contributed by atoms with Gasteiger partial charge in [0.15, 0.2) is 0 Å². The molecule has 1 aliphatic rings. The van der Waals surface area contributed by atoms with E-state index >= 15 is 0 Å². The second-order valence-corrected chi connectivity index (χ2v) is 4.06. The average molecular weight is 186 g/mol. The van der Waals surface area contributed by atoms with Crippen LogP contribution in [-0.4, -0.2) is 31.8 Å². The summed E-state index contributed by atoms with van der Waals surface area (Å²) in [5.41, 5.74) is 5.47. The van der Waals surface area contributed by atoms with Crippen molar-refractivity contribution >= 4 is 0 Å². The van der Waals surface area contributed by atoms with Crippen LogP contribution in [0.1, 0.15) is 26.7 Å². The highest BCUT2D eigenvalue weighted by Gasteiger charge is 2.23. The maximum absolute atomic E-state index is 5.60. The molecule has 0 aliphatic carbocycles. The van der Waals surface area contributed by atoms with Gasteiger partial charge in [-0.2, -0.15) is 0 Å². The Morgan fingerprint density at radius 3 is 2.92 bits per heavy atom. The molecule has 3 N–H and O–H groups in total. The van der Waals surface area contributed by atoms with Gasteiger partial charge in [0, 0.05) is 19.2 Å². The van der Waals surface area contributed by atoms with E-state index in [0.29, 0.717) is 18.1 Å². The van der Waals surface area contributed by atoms with Crippen molar-refractivity contribution in [1.29, 1.82) is 0 Å². The summed E-state index contributed by atoms with van der Waals surface area (Å²) in [5.74, 6) is 0.706. The van der Waals surface area contributed by atoms with Gasteiger partial charge in [0.2, 0.25) is 0 Å². The molecule has 0 aromatic heterocycles. The molecule has 3 nitrogen and oxygen atoms in total. The van der Waals surface area contributed by atoms with Crippen molar-refractivity contribution in [3.05, 3.63) is 0 Å². The van der Waals surface area contributed by atoms with Gasteiger partial charge in [-0.3, -0.25) is 0 Å². The highest BCUT2D eigenvalue weighted by Crippen LogP contribution is 2.19. The van der Waals surface area contributed by atoms with Gasteiger partial charge >= 0.3 is 0 Å². The molecule has 1 saturated heterocycles. The number of rotatable bonds is 5. The Labute approximate surface area is 81.0 Å². The summed E-state index contributed by atoms with van der Waals surface area (Å²) in [6.07, 6.45) is 2.67. The zero-order valence-corrected chi connectivity index (χ0v) is 8.75. The van der Waals surface area contributed by atoms with Crippen molar-refractivity contribution < 1.29 is 4.74 Å². The highest BCUT2D eigenvalue weighted by atomic mass is 16.5. The maximum atomic E-state index is 5.60. The molecule has 0 saturated carbocycles. The number of nitrogens with two attached hydrogens (primary N) is 1. The third kappa shape index (κ3) is 3.63. The third-order valence-electron chi connectivity index (χ3n) is 2.81. The number of nitrogens with one attached hydrogen (secondary N) is 1. The lowest BCUT2D eigenvalue weighted by Crippen LogP contribution is -2.36. The van der Waals surface area contributed by atoms with Crippen LogP contribution in [-0.2, 0) is 4.74 Å². The van der Waals surface area contributed by atoms with E-state index in [0.717, 1.165) is 26.1 Å². The molecule has 0 radical (unpaired) electrons. The lowest BCUT2D eigenvalue weighted by atomic mass is 10.0. The van der Waals surface area contributed by atoms with Gasteiger partial charge in [0.1, 0.15) is 0 Å². The Balaban J connectivity index is 2.10. The Kier molecular flexibility index (Phi) is 4.70. The first-order valence-electron chi connectivity index (χ1n) is 5.29. The lowest BCUT2D eigenvalue weighted by molar-refractivity contribution is 0.0910. The van der Waals surface area contributed by atoms with Gasteiger partial charge in [-0.15, -0.1) is 0 Å². The Bertz CT molecular complexity index is 141. The molecule has 0 aromatic rings. The molecule has 1 fully saturated rings. The van der Waals surface area contributed by atoms with Gasteiger partial charge in [0.25, 0.3) is 0 Å². The van der Waals surface area contributed by atoms with Crippen LogP contribution in [0, 0.1) is 5.92 Å². The lowest BCUT2D eigenvalue weighted by Gasteiger charge is -2.18. The van der Waals surface area contributed by atoms with Crippen LogP contribution >= 0.6 is 0 Å². The molecule has 1 aliphatic heterocycles. The largest absolute Gasteiger partial charge is 0.377 e. The fraction of sp³-hybridized carbons (Fsp3) is 1.00. The van der Waals surface area contributed by atoms with E-state index in [1.165, 1.54) is 6.42 Å². The normalized spacial score (nSPS) is 30.7. The molecule has 0 spiro atoms. The van der Waals surface area contributed by atoms with Gasteiger partial charge < -0.3 is 15.8 Å². The van der Waals surface area contributed by atoms with Crippen LogP contribution in [0.3, 0.4) is 0 Å². The Morgan fingerprint density at radius 2 is 2.38 bits per heavy atom. The predicted octanol–water partition coefficient (Wildman–Crippen LogP) is 0.738. The van der Waals surface area contributed by atoms with Crippen LogP contribution in [0.2, 0.25) is 0 Å². The van der Waals surface area contributed by atoms with Crippen molar-refractivity contribution in [1.82, 2.24) is 5.32 Å². The van der Waals surface area contributed by atoms with E-state index in [-0.39, 0.29) is 0 Å².